The fourth-order valence-corrected chi connectivity index (χ4v) is 3.98. The lowest BCUT2D eigenvalue weighted by Crippen LogP contribution is -2.56. The number of carbonyl (C=O) groups is 4. The fraction of sp³-hybridized carbons (Fsp3) is 0.400. The number of rotatable bonds is 5. The zero-order valence-electron chi connectivity index (χ0n) is 15.5. The molecule has 1 fully saturated rings. The molecule has 8 nitrogen and oxygen atoms in total. The van der Waals surface area contributed by atoms with E-state index in [4.69, 9.17) is 4.74 Å². The maximum absolute atomic E-state index is 13.4. The van der Waals surface area contributed by atoms with E-state index in [1.54, 1.807) is 30.3 Å². The van der Waals surface area contributed by atoms with Crippen LogP contribution in [-0.4, -0.2) is 59.3 Å². The molecule has 1 saturated heterocycles. The molecule has 0 aliphatic carbocycles. The molecule has 0 bridgehead atoms. The molecule has 0 saturated carbocycles. The second-order valence-corrected chi connectivity index (χ2v) is 6.79. The van der Waals surface area contributed by atoms with E-state index in [0.717, 1.165) is 4.90 Å². The van der Waals surface area contributed by atoms with Crippen LogP contribution in [0.5, 0.6) is 5.75 Å². The molecule has 0 unspecified atom stereocenters. The first-order valence-electron chi connectivity index (χ1n) is 9.11. The Morgan fingerprint density at radius 1 is 1.21 bits per heavy atom. The number of benzene rings is 1. The lowest BCUT2D eigenvalue weighted by molar-refractivity contribution is -0.150. The van der Waals surface area contributed by atoms with Crippen molar-refractivity contribution in [3.63, 3.8) is 0 Å². The van der Waals surface area contributed by atoms with Crippen molar-refractivity contribution in [2.24, 2.45) is 0 Å². The van der Waals surface area contributed by atoms with Crippen molar-refractivity contribution in [3.05, 3.63) is 36.4 Å². The minimum absolute atomic E-state index is 0.151. The van der Waals surface area contributed by atoms with E-state index in [1.807, 2.05) is 6.08 Å². The van der Waals surface area contributed by atoms with Gasteiger partial charge in [-0.15, -0.1) is 0 Å². The summed E-state index contributed by atoms with van der Waals surface area (Å²) >= 11 is 0. The molecular formula is C20H22N2O6. The van der Waals surface area contributed by atoms with Gasteiger partial charge in [-0.25, -0.2) is 4.79 Å². The summed E-state index contributed by atoms with van der Waals surface area (Å²) in [7, 11) is 1.43. The highest BCUT2D eigenvalue weighted by atomic mass is 16.5. The van der Waals surface area contributed by atoms with E-state index in [9.17, 15) is 24.3 Å². The van der Waals surface area contributed by atoms with Gasteiger partial charge in [-0.1, -0.05) is 24.3 Å². The van der Waals surface area contributed by atoms with Crippen LogP contribution >= 0.6 is 0 Å². The molecule has 0 spiro atoms. The lowest BCUT2D eigenvalue weighted by atomic mass is 10.0. The van der Waals surface area contributed by atoms with Crippen molar-refractivity contribution in [3.8, 4) is 5.75 Å². The van der Waals surface area contributed by atoms with Crippen LogP contribution in [0.4, 0.5) is 5.69 Å². The Balaban J connectivity index is 2.07. The number of carbonyl (C=O) groups excluding carboxylic acids is 3. The fourth-order valence-electron chi connectivity index (χ4n) is 3.98. The highest BCUT2D eigenvalue weighted by Crippen LogP contribution is 2.34. The normalized spacial score (nSPS) is 25.2. The third-order valence-corrected chi connectivity index (χ3v) is 5.26. The smallest absolute Gasteiger partial charge is 0.326 e. The molecule has 2 aliphatic heterocycles. The van der Waals surface area contributed by atoms with Gasteiger partial charge in [0, 0.05) is 6.04 Å². The van der Waals surface area contributed by atoms with Crippen LogP contribution in [0.3, 0.4) is 0 Å². The summed E-state index contributed by atoms with van der Waals surface area (Å²) in [5.74, 6) is -2.09. The molecule has 8 heteroatoms. The summed E-state index contributed by atoms with van der Waals surface area (Å²) in [6.07, 6.45) is 5.53. The van der Waals surface area contributed by atoms with Gasteiger partial charge in [0.05, 0.1) is 12.8 Å². The number of methoxy groups -OCH3 is 1. The lowest BCUT2D eigenvalue weighted by Gasteiger charge is -2.37. The number of carboxylic acid groups (broad SMARTS) is 1. The Bertz CT molecular complexity index is 821. The third-order valence-electron chi connectivity index (χ3n) is 5.26. The minimum atomic E-state index is -1.07. The van der Waals surface area contributed by atoms with Crippen molar-refractivity contribution in [1.82, 2.24) is 4.90 Å². The second-order valence-electron chi connectivity index (χ2n) is 6.79. The minimum Gasteiger partial charge on any atom is -0.495 e. The molecule has 2 aliphatic rings. The van der Waals surface area contributed by atoms with Crippen LogP contribution in [-0.2, 0) is 19.2 Å². The number of hydrogen-bond acceptors (Lipinski definition) is 5. The first-order valence-corrected chi connectivity index (χ1v) is 9.11. The zero-order chi connectivity index (χ0) is 20.3. The summed E-state index contributed by atoms with van der Waals surface area (Å²) in [6, 6.07) is 4.39. The predicted octanol–water partition coefficient (Wildman–Crippen LogP) is 1.39. The maximum atomic E-state index is 13.4. The third kappa shape index (κ3) is 3.49. The van der Waals surface area contributed by atoms with Gasteiger partial charge < -0.3 is 14.7 Å². The highest BCUT2D eigenvalue weighted by Gasteiger charge is 2.45. The van der Waals surface area contributed by atoms with Gasteiger partial charge in [0.1, 0.15) is 17.8 Å². The summed E-state index contributed by atoms with van der Waals surface area (Å²) < 4.78 is 5.30. The van der Waals surface area contributed by atoms with Crippen molar-refractivity contribution >= 4 is 29.8 Å². The number of carboxylic acids is 1. The van der Waals surface area contributed by atoms with Crippen molar-refractivity contribution in [1.29, 1.82) is 0 Å². The standard InChI is InChI=1S/C20H22N2O6/c1-28-17-9-5-4-7-14(17)22(18(24)12-23)15-8-3-2-6-13-10-11-16(20(26)27)21(13)19(15)25/h2-5,7,9,12-13,15-16H,6,8,10-11H2,1H3,(H,26,27)/b3-2-/t13-,15+,16+/m1/s1. The Morgan fingerprint density at radius 3 is 2.61 bits per heavy atom. The Hall–Kier alpha value is -3.16. The Labute approximate surface area is 162 Å². The van der Waals surface area contributed by atoms with E-state index in [1.165, 1.54) is 12.0 Å². The summed E-state index contributed by atoms with van der Waals surface area (Å²) in [6.45, 7) is 0. The summed E-state index contributed by atoms with van der Waals surface area (Å²) in [4.78, 5) is 51.4. The maximum Gasteiger partial charge on any atom is 0.326 e. The summed E-state index contributed by atoms with van der Waals surface area (Å²) in [5, 5.41) is 9.54. The van der Waals surface area contributed by atoms with Gasteiger partial charge in [-0.3, -0.25) is 19.3 Å². The SMILES string of the molecule is COc1ccccc1N(C(=O)C=O)[C@H]1C/C=C\C[C@@H]2CC[C@@H](C(=O)O)N2C1=O. The number of nitrogens with zero attached hydrogens (tertiary/aromatic N) is 2. The van der Waals surface area contributed by atoms with Crippen LogP contribution in [0.25, 0.3) is 0 Å². The van der Waals surface area contributed by atoms with Gasteiger partial charge >= 0.3 is 5.97 Å². The number of fused-ring (bicyclic) bond motifs is 1. The number of aliphatic carboxylic acids is 1. The molecule has 2 amide bonds. The van der Waals surface area contributed by atoms with Crippen LogP contribution in [0, 0.1) is 0 Å². The molecule has 28 heavy (non-hydrogen) atoms. The quantitative estimate of drug-likeness (QED) is 0.466. The van der Waals surface area contributed by atoms with Crippen molar-refractivity contribution in [2.75, 3.05) is 12.0 Å². The van der Waals surface area contributed by atoms with E-state index in [-0.39, 0.29) is 24.4 Å². The van der Waals surface area contributed by atoms with E-state index in [0.29, 0.717) is 25.0 Å². The molecule has 2 heterocycles. The van der Waals surface area contributed by atoms with E-state index >= 15 is 0 Å². The molecule has 1 aromatic rings. The average Bonchev–Trinajstić information content (AvgIpc) is 3.12. The van der Waals surface area contributed by atoms with E-state index in [2.05, 4.69) is 0 Å². The molecule has 1 aromatic carbocycles. The van der Waals surface area contributed by atoms with Crippen LogP contribution < -0.4 is 9.64 Å². The summed E-state index contributed by atoms with van der Waals surface area (Å²) in [5.41, 5.74) is 0.289. The largest absolute Gasteiger partial charge is 0.495 e. The number of para-hydroxylation sites is 2. The molecule has 148 valence electrons. The number of anilines is 1. The number of amides is 2. The van der Waals surface area contributed by atoms with E-state index < -0.39 is 29.9 Å². The van der Waals surface area contributed by atoms with Gasteiger partial charge in [0.25, 0.3) is 5.91 Å². The Morgan fingerprint density at radius 2 is 1.93 bits per heavy atom. The molecule has 3 rings (SSSR count). The first kappa shape index (κ1) is 19.6. The van der Waals surface area contributed by atoms with Gasteiger partial charge in [0.2, 0.25) is 12.2 Å². The van der Waals surface area contributed by atoms with Crippen LogP contribution in [0.15, 0.2) is 36.4 Å². The van der Waals surface area contributed by atoms with Crippen molar-refractivity contribution < 1.29 is 29.0 Å². The number of hydrogen-bond donors (Lipinski definition) is 1. The van der Waals surface area contributed by atoms with Gasteiger partial charge in [-0.2, -0.15) is 0 Å². The predicted molar refractivity (Wildman–Crippen MR) is 100.0 cm³/mol. The highest BCUT2D eigenvalue weighted by molar-refractivity contribution is 6.32. The van der Waals surface area contributed by atoms with Crippen LogP contribution in [0.2, 0.25) is 0 Å². The average molecular weight is 386 g/mol. The molecule has 3 atom stereocenters. The number of aldehydes is 1. The Kier molecular flexibility index (Phi) is 5.77. The molecular weight excluding hydrogens is 364 g/mol. The second kappa shape index (κ2) is 8.24. The first-order chi connectivity index (χ1) is 13.5. The zero-order valence-corrected chi connectivity index (χ0v) is 15.5. The van der Waals surface area contributed by atoms with Crippen LogP contribution in [0.1, 0.15) is 25.7 Å². The molecule has 0 aromatic heterocycles. The molecule has 1 N–H and O–H groups in total. The number of ether oxygens (including phenoxy) is 1. The van der Waals surface area contributed by atoms with Gasteiger partial charge in [-0.05, 0) is 37.8 Å². The van der Waals surface area contributed by atoms with Crippen molar-refractivity contribution in [2.45, 2.75) is 43.8 Å². The van der Waals surface area contributed by atoms with Gasteiger partial charge in [0.15, 0.2) is 0 Å². The molecule has 0 radical (unpaired) electrons. The topological polar surface area (TPSA) is 104 Å². The monoisotopic (exact) mass is 386 g/mol.